The van der Waals surface area contributed by atoms with Crippen molar-refractivity contribution in [3.8, 4) is 0 Å². The van der Waals surface area contributed by atoms with Crippen molar-refractivity contribution in [3.05, 3.63) is 65.7 Å². The molecule has 146 valence electrons. The average Bonchev–Trinajstić information content (AvgIpc) is 3.24. The van der Waals surface area contributed by atoms with Crippen LogP contribution < -0.4 is 15.8 Å². The summed E-state index contributed by atoms with van der Waals surface area (Å²) in [4.78, 5) is 28.9. The molecular weight excluding hydrogens is 352 g/mol. The van der Waals surface area contributed by atoms with Crippen molar-refractivity contribution >= 4 is 17.5 Å². The minimum absolute atomic E-state index is 0.0127. The van der Waals surface area contributed by atoms with Gasteiger partial charge in [0.1, 0.15) is 12.6 Å². The molecule has 2 N–H and O–H groups in total. The molecule has 0 radical (unpaired) electrons. The highest BCUT2D eigenvalue weighted by Crippen LogP contribution is 2.24. The van der Waals surface area contributed by atoms with Crippen LogP contribution in [0.2, 0.25) is 0 Å². The highest BCUT2D eigenvalue weighted by Gasteiger charge is 2.36. The molecule has 2 saturated heterocycles. The van der Waals surface area contributed by atoms with Crippen LogP contribution in [0.25, 0.3) is 0 Å². The second-order valence-corrected chi connectivity index (χ2v) is 7.37. The van der Waals surface area contributed by atoms with Crippen molar-refractivity contribution in [2.75, 3.05) is 24.5 Å². The fourth-order valence-electron chi connectivity index (χ4n) is 3.88. The second kappa shape index (κ2) is 8.12. The van der Waals surface area contributed by atoms with Crippen LogP contribution in [-0.4, -0.2) is 42.4 Å². The maximum Gasteiger partial charge on any atom is 0.246 e. The Morgan fingerprint density at radius 1 is 1.04 bits per heavy atom. The van der Waals surface area contributed by atoms with Gasteiger partial charge >= 0.3 is 0 Å². The van der Waals surface area contributed by atoms with E-state index in [-0.39, 0.29) is 30.4 Å². The Hall–Kier alpha value is -2.70. The fraction of sp³-hybridized carbons (Fsp3) is 0.364. The van der Waals surface area contributed by atoms with Crippen LogP contribution in [-0.2, 0) is 16.0 Å². The number of benzene rings is 2. The lowest BCUT2D eigenvalue weighted by atomic mass is 9.99. The number of amides is 2. The number of carbonyl (C=O) groups excluding carboxylic acids is 2. The van der Waals surface area contributed by atoms with Gasteiger partial charge in [0.05, 0.1) is 0 Å². The third kappa shape index (κ3) is 3.79. The van der Waals surface area contributed by atoms with E-state index in [4.69, 9.17) is 0 Å². The van der Waals surface area contributed by atoms with Crippen molar-refractivity contribution < 1.29 is 9.59 Å². The first-order valence-electron chi connectivity index (χ1n) is 9.90. The van der Waals surface area contributed by atoms with Crippen molar-refractivity contribution in [2.45, 2.75) is 31.8 Å². The van der Waals surface area contributed by atoms with Crippen LogP contribution in [0.4, 0.5) is 5.69 Å². The molecular formula is C22H26N4O2. The van der Waals surface area contributed by atoms with Gasteiger partial charge in [-0.2, -0.15) is 0 Å². The highest BCUT2D eigenvalue weighted by atomic mass is 16.2. The molecule has 2 aliphatic heterocycles. The van der Waals surface area contributed by atoms with E-state index in [2.05, 4.69) is 42.0 Å². The Balaban J connectivity index is 1.36. The SMILES string of the molecule is CCc1ccc(C2CC(C(=O)N3CCN(c4ccccc4)C(=O)C3)NN2)cc1. The van der Waals surface area contributed by atoms with Gasteiger partial charge in [0.15, 0.2) is 0 Å². The van der Waals surface area contributed by atoms with E-state index < -0.39 is 0 Å². The van der Waals surface area contributed by atoms with E-state index in [1.54, 1.807) is 9.80 Å². The Bertz CT molecular complexity index is 837. The molecule has 0 aliphatic carbocycles. The lowest BCUT2D eigenvalue weighted by Gasteiger charge is -2.35. The molecule has 2 aliphatic rings. The summed E-state index contributed by atoms with van der Waals surface area (Å²) >= 11 is 0. The molecule has 0 saturated carbocycles. The fourth-order valence-corrected chi connectivity index (χ4v) is 3.88. The van der Waals surface area contributed by atoms with Gasteiger partial charge in [0.2, 0.25) is 11.8 Å². The number of rotatable bonds is 4. The van der Waals surface area contributed by atoms with E-state index in [1.165, 1.54) is 11.1 Å². The predicted octanol–water partition coefficient (Wildman–Crippen LogP) is 2.03. The third-order valence-electron chi connectivity index (χ3n) is 5.59. The normalized spacial score (nSPS) is 22.5. The summed E-state index contributed by atoms with van der Waals surface area (Å²) in [7, 11) is 0. The lowest BCUT2D eigenvalue weighted by Crippen LogP contribution is -2.56. The first-order chi connectivity index (χ1) is 13.7. The number of para-hydroxylation sites is 1. The number of carbonyl (C=O) groups is 2. The minimum Gasteiger partial charge on any atom is -0.330 e. The number of nitrogens with one attached hydrogen (secondary N) is 2. The summed E-state index contributed by atoms with van der Waals surface area (Å²) in [5.41, 5.74) is 9.72. The molecule has 2 aromatic rings. The van der Waals surface area contributed by atoms with Crippen LogP contribution in [0, 0.1) is 0 Å². The number of piperazine rings is 1. The smallest absolute Gasteiger partial charge is 0.246 e. The number of hydrogen-bond acceptors (Lipinski definition) is 4. The second-order valence-electron chi connectivity index (χ2n) is 7.37. The van der Waals surface area contributed by atoms with Gasteiger partial charge in [-0.05, 0) is 36.1 Å². The molecule has 0 bridgehead atoms. The Morgan fingerprint density at radius 2 is 1.79 bits per heavy atom. The van der Waals surface area contributed by atoms with Gasteiger partial charge in [-0.3, -0.25) is 9.59 Å². The van der Waals surface area contributed by atoms with Crippen molar-refractivity contribution in [3.63, 3.8) is 0 Å². The number of aryl methyl sites for hydroxylation is 1. The Kier molecular flexibility index (Phi) is 5.41. The van der Waals surface area contributed by atoms with Gasteiger partial charge in [-0.15, -0.1) is 0 Å². The molecule has 2 amide bonds. The van der Waals surface area contributed by atoms with Gasteiger partial charge in [-0.1, -0.05) is 49.4 Å². The third-order valence-corrected chi connectivity index (χ3v) is 5.59. The molecule has 2 fully saturated rings. The van der Waals surface area contributed by atoms with E-state index in [9.17, 15) is 9.59 Å². The van der Waals surface area contributed by atoms with Crippen LogP contribution in [0.3, 0.4) is 0 Å². The van der Waals surface area contributed by atoms with Crippen molar-refractivity contribution in [1.29, 1.82) is 0 Å². The molecule has 6 heteroatoms. The molecule has 2 heterocycles. The molecule has 2 atom stereocenters. The summed E-state index contributed by atoms with van der Waals surface area (Å²) < 4.78 is 0. The quantitative estimate of drug-likeness (QED) is 0.855. The minimum atomic E-state index is -0.313. The van der Waals surface area contributed by atoms with Crippen molar-refractivity contribution in [1.82, 2.24) is 15.8 Å². The average molecular weight is 378 g/mol. The number of nitrogens with zero attached hydrogens (tertiary/aromatic N) is 2. The van der Waals surface area contributed by atoms with Crippen molar-refractivity contribution in [2.24, 2.45) is 0 Å². The zero-order valence-electron chi connectivity index (χ0n) is 16.1. The largest absolute Gasteiger partial charge is 0.330 e. The van der Waals surface area contributed by atoms with Crippen LogP contribution in [0.5, 0.6) is 0 Å². The first-order valence-corrected chi connectivity index (χ1v) is 9.90. The van der Waals surface area contributed by atoms with E-state index in [0.29, 0.717) is 19.5 Å². The summed E-state index contributed by atoms with van der Waals surface area (Å²) in [6, 6.07) is 17.9. The summed E-state index contributed by atoms with van der Waals surface area (Å²) in [5, 5.41) is 0. The number of hydrogen-bond donors (Lipinski definition) is 2. The molecule has 0 spiro atoms. The maximum atomic E-state index is 12.9. The van der Waals surface area contributed by atoms with Crippen LogP contribution in [0.15, 0.2) is 54.6 Å². The van der Waals surface area contributed by atoms with Gasteiger partial charge in [0, 0.05) is 24.8 Å². The first kappa shape index (κ1) is 18.7. The molecule has 0 aromatic heterocycles. The lowest BCUT2D eigenvalue weighted by molar-refractivity contribution is -0.138. The summed E-state index contributed by atoms with van der Waals surface area (Å²) in [6.45, 7) is 3.34. The molecule has 6 nitrogen and oxygen atoms in total. The molecule has 28 heavy (non-hydrogen) atoms. The number of anilines is 1. The zero-order chi connectivity index (χ0) is 19.5. The summed E-state index contributed by atoms with van der Waals surface area (Å²) in [6.07, 6.45) is 1.69. The summed E-state index contributed by atoms with van der Waals surface area (Å²) in [5.74, 6) is -0.0512. The number of hydrazine groups is 1. The standard InChI is InChI=1S/C22H26N4O2/c1-2-16-8-10-17(11-9-16)19-14-20(24-23-19)22(28)25-12-13-26(21(27)15-25)18-6-4-3-5-7-18/h3-11,19-20,23-24H,2,12-15H2,1H3. The predicted molar refractivity (Wildman–Crippen MR) is 109 cm³/mol. The maximum absolute atomic E-state index is 12.9. The van der Waals surface area contributed by atoms with Gasteiger partial charge in [0.25, 0.3) is 0 Å². The topological polar surface area (TPSA) is 64.7 Å². The Labute approximate surface area is 165 Å². The van der Waals surface area contributed by atoms with Crippen LogP contribution in [0.1, 0.15) is 30.5 Å². The van der Waals surface area contributed by atoms with E-state index >= 15 is 0 Å². The van der Waals surface area contributed by atoms with Crippen LogP contribution >= 0.6 is 0 Å². The highest BCUT2D eigenvalue weighted by molar-refractivity contribution is 5.98. The van der Waals surface area contributed by atoms with E-state index in [0.717, 1.165) is 12.1 Å². The molecule has 4 rings (SSSR count). The monoisotopic (exact) mass is 378 g/mol. The Morgan fingerprint density at radius 3 is 2.46 bits per heavy atom. The zero-order valence-corrected chi connectivity index (χ0v) is 16.1. The van der Waals surface area contributed by atoms with E-state index in [1.807, 2.05) is 30.3 Å². The molecule has 2 aromatic carbocycles. The van der Waals surface area contributed by atoms with Gasteiger partial charge < -0.3 is 9.80 Å². The molecule has 2 unspecified atom stereocenters. The van der Waals surface area contributed by atoms with Gasteiger partial charge in [-0.25, -0.2) is 10.9 Å².